The number of aryl methyl sites for hydroxylation is 2. The molecule has 0 saturated heterocycles. The fraction of sp³-hybridized carbons (Fsp3) is 0.318. The van der Waals surface area contributed by atoms with Crippen molar-refractivity contribution >= 4 is 29.4 Å². The van der Waals surface area contributed by atoms with Gasteiger partial charge in [-0.05, 0) is 70.2 Å². The monoisotopic (exact) mass is 434 g/mol. The maximum atomic E-state index is 12.8. The molecule has 2 rings (SSSR count). The molecule has 8 heteroatoms. The molecule has 0 aliphatic heterocycles. The van der Waals surface area contributed by atoms with Crippen LogP contribution in [-0.2, 0) is 9.59 Å². The van der Waals surface area contributed by atoms with Crippen molar-refractivity contribution in [3.05, 3.63) is 69.7 Å². The number of carboxylic acids is 2. The predicted molar refractivity (Wildman–Crippen MR) is 116 cm³/mol. The van der Waals surface area contributed by atoms with Crippen molar-refractivity contribution in [1.82, 2.24) is 10.2 Å². The molecule has 2 aromatic carbocycles. The second-order valence-electron chi connectivity index (χ2n) is 7.10. The fourth-order valence-corrected chi connectivity index (χ4v) is 2.75. The molecular weight excluding hydrogens is 408 g/mol. The van der Waals surface area contributed by atoms with Crippen LogP contribution in [-0.4, -0.2) is 53.6 Å². The highest BCUT2D eigenvalue weighted by Crippen LogP contribution is 2.21. The summed E-state index contributed by atoms with van der Waals surface area (Å²) in [6.07, 6.45) is 0.839. The van der Waals surface area contributed by atoms with Gasteiger partial charge in [0.25, 0.3) is 5.91 Å². The highest BCUT2D eigenvalue weighted by Gasteiger charge is 2.17. The molecule has 0 aromatic heterocycles. The Labute approximate surface area is 181 Å². The van der Waals surface area contributed by atoms with E-state index in [0.717, 1.165) is 35.2 Å². The first-order valence-electron chi connectivity index (χ1n) is 9.25. The summed E-state index contributed by atoms with van der Waals surface area (Å²) in [6, 6.07) is 13.6. The van der Waals surface area contributed by atoms with Gasteiger partial charge in [0.1, 0.15) is 0 Å². The molecule has 0 bridgehead atoms. The SMILES string of the molecule is Cc1ccc(C)c(C(=O)NC(CCN(C)C)c2ccc(Cl)cc2)c1.O=C(O)C(=O)O. The quantitative estimate of drug-likeness (QED) is 0.600. The minimum Gasteiger partial charge on any atom is -0.473 e. The number of nitrogens with zero attached hydrogens (tertiary/aromatic N) is 1. The number of nitrogens with one attached hydrogen (secondary N) is 1. The Kier molecular flexibility index (Phi) is 10.0. The zero-order valence-electron chi connectivity index (χ0n) is 17.5. The van der Waals surface area contributed by atoms with Crippen molar-refractivity contribution in [3.8, 4) is 0 Å². The molecule has 0 saturated carbocycles. The Morgan fingerprint density at radius 2 is 1.57 bits per heavy atom. The number of carboxylic acid groups (broad SMARTS) is 2. The topological polar surface area (TPSA) is 107 Å². The number of carbonyl (C=O) groups is 3. The fourth-order valence-electron chi connectivity index (χ4n) is 2.62. The van der Waals surface area contributed by atoms with Gasteiger partial charge in [-0.2, -0.15) is 0 Å². The lowest BCUT2D eigenvalue weighted by Gasteiger charge is -2.22. The van der Waals surface area contributed by atoms with E-state index < -0.39 is 11.9 Å². The Hall–Kier alpha value is -2.90. The predicted octanol–water partition coefficient (Wildman–Crippen LogP) is 3.54. The van der Waals surface area contributed by atoms with Crippen LogP contribution in [0.1, 0.15) is 39.5 Å². The molecule has 0 aliphatic rings. The zero-order chi connectivity index (χ0) is 22.8. The van der Waals surface area contributed by atoms with E-state index >= 15 is 0 Å². The number of halogens is 1. The first kappa shape index (κ1) is 25.1. The summed E-state index contributed by atoms with van der Waals surface area (Å²) in [4.78, 5) is 33.1. The Bertz CT molecular complexity index is 870. The highest BCUT2D eigenvalue weighted by atomic mass is 35.5. The minimum absolute atomic E-state index is 0.0325. The van der Waals surface area contributed by atoms with Crippen LogP contribution < -0.4 is 5.32 Å². The lowest BCUT2D eigenvalue weighted by Crippen LogP contribution is -2.31. The van der Waals surface area contributed by atoms with Crippen LogP contribution >= 0.6 is 11.6 Å². The van der Waals surface area contributed by atoms with Crippen molar-refractivity contribution in [3.63, 3.8) is 0 Å². The van der Waals surface area contributed by atoms with E-state index in [-0.39, 0.29) is 11.9 Å². The summed E-state index contributed by atoms with van der Waals surface area (Å²) < 4.78 is 0. The molecule has 0 aliphatic carbocycles. The van der Waals surface area contributed by atoms with Crippen LogP contribution in [0.4, 0.5) is 0 Å². The van der Waals surface area contributed by atoms with Crippen molar-refractivity contribution < 1.29 is 24.6 Å². The number of aliphatic carboxylic acids is 2. The minimum atomic E-state index is -1.82. The van der Waals surface area contributed by atoms with Gasteiger partial charge in [0.2, 0.25) is 0 Å². The van der Waals surface area contributed by atoms with Gasteiger partial charge in [-0.15, -0.1) is 0 Å². The summed E-state index contributed by atoms with van der Waals surface area (Å²) in [7, 11) is 4.07. The summed E-state index contributed by atoms with van der Waals surface area (Å²) >= 11 is 5.99. The average molecular weight is 435 g/mol. The van der Waals surface area contributed by atoms with Gasteiger partial charge in [0.05, 0.1) is 6.04 Å². The Morgan fingerprint density at radius 1 is 1.00 bits per heavy atom. The van der Waals surface area contributed by atoms with E-state index in [9.17, 15) is 4.79 Å². The largest absolute Gasteiger partial charge is 0.473 e. The normalized spacial score (nSPS) is 11.3. The maximum Gasteiger partial charge on any atom is 0.414 e. The van der Waals surface area contributed by atoms with E-state index in [0.29, 0.717) is 5.02 Å². The van der Waals surface area contributed by atoms with Gasteiger partial charge < -0.3 is 20.4 Å². The molecule has 2 aromatic rings. The molecule has 30 heavy (non-hydrogen) atoms. The van der Waals surface area contributed by atoms with Crippen LogP contribution in [0.15, 0.2) is 42.5 Å². The maximum absolute atomic E-state index is 12.8. The molecule has 0 spiro atoms. The first-order chi connectivity index (χ1) is 14.0. The highest BCUT2D eigenvalue weighted by molar-refractivity contribution is 6.30. The molecule has 3 N–H and O–H groups in total. The van der Waals surface area contributed by atoms with E-state index in [4.69, 9.17) is 31.4 Å². The molecule has 0 fully saturated rings. The van der Waals surface area contributed by atoms with Crippen LogP contribution in [0.2, 0.25) is 5.02 Å². The molecule has 1 amide bonds. The van der Waals surface area contributed by atoms with E-state index in [1.54, 1.807) is 0 Å². The third-order valence-electron chi connectivity index (χ3n) is 4.26. The number of amides is 1. The second-order valence-corrected chi connectivity index (χ2v) is 7.53. The summed E-state index contributed by atoms with van der Waals surface area (Å²) in [6.45, 7) is 4.85. The molecule has 1 unspecified atom stereocenters. The van der Waals surface area contributed by atoms with Crippen LogP contribution in [0, 0.1) is 13.8 Å². The Balaban J connectivity index is 0.000000656. The zero-order valence-corrected chi connectivity index (χ0v) is 18.2. The molecule has 7 nitrogen and oxygen atoms in total. The van der Waals surface area contributed by atoms with Gasteiger partial charge in [-0.25, -0.2) is 9.59 Å². The summed E-state index contributed by atoms with van der Waals surface area (Å²) in [5, 5.41) is 18.7. The third kappa shape index (κ3) is 8.63. The van der Waals surface area contributed by atoms with Crippen molar-refractivity contribution in [2.75, 3.05) is 20.6 Å². The molecular formula is C22H27ClN2O5. The second kappa shape index (κ2) is 11.9. The number of benzene rings is 2. The van der Waals surface area contributed by atoms with Gasteiger partial charge in [-0.1, -0.05) is 41.4 Å². The number of rotatable bonds is 6. The third-order valence-corrected chi connectivity index (χ3v) is 4.52. The van der Waals surface area contributed by atoms with E-state index in [2.05, 4.69) is 10.2 Å². The molecule has 0 heterocycles. The van der Waals surface area contributed by atoms with Crippen molar-refractivity contribution in [1.29, 1.82) is 0 Å². The van der Waals surface area contributed by atoms with E-state index in [1.165, 1.54) is 0 Å². The Morgan fingerprint density at radius 3 is 2.07 bits per heavy atom. The summed E-state index contributed by atoms with van der Waals surface area (Å²) in [5.74, 6) is -3.68. The summed E-state index contributed by atoms with van der Waals surface area (Å²) in [5.41, 5.74) is 3.88. The molecule has 162 valence electrons. The van der Waals surface area contributed by atoms with Gasteiger partial charge in [0, 0.05) is 10.6 Å². The van der Waals surface area contributed by atoms with Gasteiger partial charge >= 0.3 is 11.9 Å². The lowest BCUT2D eigenvalue weighted by atomic mass is 10.0. The van der Waals surface area contributed by atoms with Gasteiger partial charge in [0.15, 0.2) is 0 Å². The standard InChI is InChI=1S/C20H25ClN2O.C2H2O4/c1-14-5-6-15(2)18(13-14)20(24)22-19(11-12-23(3)4)16-7-9-17(21)10-8-16;3-1(4)2(5)6/h5-10,13,19H,11-12H2,1-4H3,(H,22,24);(H,3,4)(H,5,6). The van der Waals surface area contributed by atoms with E-state index in [1.807, 2.05) is 70.4 Å². The molecule has 0 radical (unpaired) electrons. The van der Waals surface area contributed by atoms with Gasteiger partial charge in [-0.3, -0.25) is 4.79 Å². The smallest absolute Gasteiger partial charge is 0.414 e. The van der Waals surface area contributed by atoms with Crippen LogP contribution in [0.25, 0.3) is 0 Å². The molecule has 1 atom stereocenters. The van der Waals surface area contributed by atoms with Crippen LogP contribution in [0.5, 0.6) is 0 Å². The number of hydrogen-bond acceptors (Lipinski definition) is 4. The van der Waals surface area contributed by atoms with Crippen molar-refractivity contribution in [2.45, 2.75) is 26.3 Å². The van der Waals surface area contributed by atoms with Crippen molar-refractivity contribution in [2.24, 2.45) is 0 Å². The lowest BCUT2D eigenvalue weighted by molar-refractivity contribution is -0.159. The first-order valence-corrected chi connectivity index (χ1v) is 9.63. The number of carbonyl (C=O) groups excluding carboxylic acids is 1. The van der Waals surface area contributed by atoms with Crippen LogP contribution in [0.3, 0.4) is 0 Å². The average Bonchev–Trinajstić information content (AvgIpc) is 2.67. The number of hydrogen-bond donors (Lipinski definition) is 3.